The van der Waals surface area contributed by atoms with E-state index in [9.17, 15) is 19.7 Å². The lowest BCUT2D eigenvalue weighted by molar-refractivity contribution is -0.384. The van der Waals surface area contributed by atoms with E-state index in [4.69, 9.17) is 9.47 Å². The zero-order valence-corrected chi connectivity index (χ0v) is 23.8. The largest absolute Gasteiger partial charge is 0.490 e. The number of halogens is 1. The molecule has 210 valence electrons. The van der Waals surface area contributed by atoms with Crippen LogP contribution >= 0.6 is 15.9 Å². The number of H-pyrrole nitrogens is 1. The van der Waals surface area contributed by atoms with Crippen LogP contribution in [-0.4, -0.2) is 34.6 Å². The molecule has 4 aromatic carbocycles. The molecule has 0 radical (unpaired) electrons. The van der Waals surface area contributed by atoms with Crippen molar-refractivity contribution < 1.29 is 24.0 Å². The van der Waals surface area contributed by atoms with Crippen LogP contribution in [0.25, 0.3) is 22.0 Å². The maximum absolute atomic E-state index is 13.3. The van der Waals surface area contributed by atoms with E-state index in [1.54, 1.807) is 25.1 Å². The highest BCUT2D eigenvalue weighted by molar-refractivity contribution is 9.10. The lowest BCUT2D eigenvalue weighted by Crippen LogP contribution is -2.18. The van der Waals surface area contributed by atoms with Crippen LogP contribution in [0.1, 0.15) is 33.3 Å². The smallest absolute Gasteiger partial charge is 0.343 e. The lowest BCUT2D eigenvalue weighted by Gasteiger charge is -2.11. The van der Waals surface area contributed by atoms with Crippen LogP contribution in [0, 0.1) is 10.1 Å². The number of nitrogens with zero attached hydrogens (tertiary/aromatic N) is 2. The molecule has 42 heavy (non-hydrogen) atoms. The number of para-hydroxylation sites is 1. The Hall–Kier alpha value is -5.29. The van der Waals surface area contributed by atoms with E-state index in [1.165, 1.54) is 30.5 Å². The molecule has 0 aliphatic rings. The second-order valence-corrected chi connectivity index (χ2v) is 9.79. The third kappa shape index (κ3) is 6.06. The number of hydrogen-bond acceptors (Lipinski definition) is 7. The highest BCUT2D eigenvalue weighted by atomic mass is 79.9. The van der Waals surface area contributed by atoms with Gasteiger partial charge in [-0.1, -0.05) is 42.5 Å². The number of hydrazone groups is 1. The molecule has 0 atom stereocenters. The summed E-state index contributed by atoms with van der Waals surface area (Å²) in [5.41, 5.74) is 5.98. The summed E-state index contributed by atoms with van der Waals surface area (Å²) in [4.78, 5) is 39.4. The number of esters is 1. The highest BCUT2D eigenvalue weighted by Gasteiger charge is 2.20. The Morgan fingerprint density at radius 2 is 1.76 bits per heavy atom. The Labute approximate surface area is 248 Å². The van der Waals surface area contributed by atoms with Crippen molar-refractivity contribution in [1.82, 2.24) is 10.4 Å². The number of ether oxygens (including phenoxy) is 2. The number of fused-ring (bicyclic) bond motifs is 1. The topological polar surface area (TPSA) is 136 Å². The van der Waals surface area contributed by atoms with Crippen LogP contribution in [0.2, 0.25) is 0 Å². The molecule has 0 saturated carbocycles. The van der Waals surface area contributed by atoms with Gasteiger partial charge in [-0.05, 0) is 70.4 Å². The molecule has 0 aliphatic heterocycles. The van der Waals surface area contributed by atoms with Crippen LogP contribution in [0.15, 0.2) is 101 Å². The van der Waals surface area contributed by atoms with Crippen LogP contribution in [-0.2, 0) is 0 Å². The highest BCUT2D eigenvalue weighted by Crippen LogP contribution is 2.35. The number of hydrogen-bond donors (Lipinski definition) is 2. The molecule has 2 N–H and O–H groups in total. The van der Waals surface area contributed by atoms with E-state index in [0.717, 1.165) is 26.5 Å². The first-order valence-electron chi connectivity index (χ1n) is 12.8. The number of amides is 1. The van der Waals surface area contributed by atoms with Gasteiger partial charge in [-0.25, -0.2) is 10.2 Å². The van der Waals surface area contributed by atoms with Crippen LogP contribution in [0.4, 0.5) is 5.69 Å². The predicted octanol–water partition coefficient (Wildman–Crippen LogP) is 6.89. The number of rotatable bonds is 9. The first kappa shape index (κ1) is 28.2. The summed E-state index contributed by atoms with van der Waals surface area (Å²) < 4.78 is 12.0. The average Bonchev–Trinajstić information content (AvgIpc) is 3.40. The summed E-state index contributed by atoms with van der Waals surface area (Å²) >= 11 is 3.55. The summed E-state index contributed by atoms with van der Waals surface area (Å²) in [6.07, 6.45) is 1.45. The van der Waals surface area contributed by atoms with Crippen LogP contribution in [0.3, 0.4) is 0 Å². The number of aromatic amines is 1. The molecule has 5 rings (SSSR count). The van der Waals surface area contributed by atoms with Crippen molar-refractivity contribution >= 4 is 50.6 Å². The number of carbonyl (C=O) groups is 2. The third-order valence-corrected chi connectivity index (χ3v) is 6.90. The van der Waals surface area contributed by atoms with E-state index in [1.807, 2.05) is 48.5 Å². The summed E-state index contributed by atoms with van der Waals surface area (Å²) in [6, 6.07) is 25.3. The van der Waals surface area contributed by atoms with Crippen molar-refractivity contribution in [2.24, 2.45) is 5.10 Å². The van der Waals surface area contributed by atoms with Gasteiger partial charge in [0, 0.05) is 27.6 Å². The number of carbonyl (C=O) groups excluding carboxylic acids is 2. The predicted molar refractivity (Wildman–Crippen MR) is 162 cm³/mol. The number of non-ortho nitro benzene ring substituents is 1. The number of aromatic nitrogens is 1. The molecule has 10 nitrogen and oxygen atoms in total. The molecule has 0 fully saturated rings. The number of nitrogens with one attached hydrogen (secondary N) is 2. The van der Waals surface area contributed by atoms with E-state index < -0.39 is 16.8 Å². The van der Waals surface area contributed by atoms with Gasteiger partial charge in [-0.15, -0.1) is 0 Å². The monoisotopic (exact) mass is 626 g/mol. The minimum absolute atomic E-state index is 0.133. The molecule has 0 spiro atoms. The normalized spacial score (nSPS) is 11.0. The Kier molecular flexibility index (Phi) is 8.39. The number of nitro groups is 1. The summed E-state index contributed by atoms with van der Waals surface area (Å²) in [5, 5.41) is 15.9. The third-order valence-electron chi connectivity index (χ3n) is 6.24. The number of nitro benzene ring substituents is 1. The van der Waals surface area contributed by atoms with E-state index >= 15 is 0 Å². The zero-order chi connectivity index (χ0) is 29.6. The van der Waals surface area contributed by atoms with E-state index in [0.29, 0.717) is 17.9 Å². The van der Waals surface area contributed by atoms with Crippen LogP contribution < -0.4 is 14.9 Å². The lowest BCUT2D eigenvalue weighted by atomic mass is 10.0. The van der Waals surface area contributed by atoms with E-state index in [-0.39, 0.29) is 22.7 Å². The molecule has 0 bridgehead atoms. The number of benzene rings is 4. The molecule has 0 unspecified atom stereocenters. The van der Waals surface area contributed by atoms with Gasteiger partial charge in [-0.3, -0.25) is 14.9 Å². The van der Waals surface area contributed by atoms with Crippen molar-refractivity contribution in [2.45, 2.75) is 6.92 Å². The Morgan fingerprint density at radius 3 is 2.48 bits per heavy atom. The van der Waals surface area contributed by atoms with Gasteiger partial charge in [-0.2, -0.15) is 5.10 Å². The Bertz CT molecular complexity index is 1820. The fourth-order valence-corrected chi connectivity index (χ4v) is 4.78. The zero-order valence-electron chi connectivity index (χ0n) is 22.2. The minimum atomic E-state index is -0.696. The first-order chi connectivity index (χ1) is 20.4. The van der Waals surface area contributed by atoms with Crippen molar-refractivity contribution in [2.75, 3.05) is 6.61 Å². The van der Waals surface area contributed by atoms with Crippen molar-refractivity contribution in [3.63, 3.8) is 0 Å². The summed E-state index contributed by atoms with van der Waals surface area (Å²) in [7, 11) is 0. The average molecular weight is 627 g/mol. The molecule has 1 heterocycles. The molecule has 1 amide bonds. The molecule has 5 aromatic rings. The summed E-state index contributed by atoms with van der Waals surface area (Å²) in [6.45, 7) is 2.09. The fraction of sp³-hybridized carbons (Fsp3) is 0.0645. The van der Waals surface area contributed by atoms with E-state index in [2.05, 4.69) is 31.4 Å². The summed E-state index contributed by atoms with van der Waals surface area (Å²) in [5.74, 6) is -0.669. The second-order valence-electron chi connectivity index (χ2n) is 8.94. The molecular weight excluding hydrogens is 604 g/mol. The van der Waals surface area contributed by atoms with Gasteiger partial charge < -0.3 is 14.5 Å². The van der Waals surface area contributed by atoms with Crippen molar-refractivity contribution in [3.8, 4) is 22.6 Å². The molecule has 0 aliphatic carbocycles. The Balaban J connectivity index is 1.34. The maximum atomic E-state index is 13.3. The SMILES string of the molecule is CCOc1cc(C=NNC(=O)c2[nH]c3c(Br)cccc3c2-c2ccccc2)ccc1OC(=O)c1ccc([N+](=O)[O-])cc1. The van der Waals surface area contributed by atoms with Gasteiger partial charge in [0.2, 0.25) is 0 Å². The van der Waals surface area contributed by atoms with Gasteiger partial charge >= 0.3 is 5.97 Å². The molecular formula is C31H23BrN4O6. The Morgan fingerprint density at radius 1 is 1.00 bits per heavy atom. The van der Waals surface area contributed by atoms with Crippen LogP contribution in [0.5, 0.6) is 11.5 Å². The maximum Gasteiger partial charge on any atom is 0.343 e. The minimum Gasteiger partial charge on any atom is -0.490 e. The van der Waals surface area contributed by atoms with Crippen molar-refractivity contribution in [3.05, 3.63) is 122 Å². The second kappa shape index (κ2) is 12.5. The molecule has 1 aromatic heterocycles. The standard InChI is InChI=1S/C31H23BrN4O6/c1-2-41-26-17-19(11-16-25(26)42-31(38)21-12-14-22(15-13-21)36(39)40)18-33-35-30(37)29-27(20-7-4-3-5-8-20)23-9-6-10-24(32)28(23)34-29/h3-18,34H,2H2,1H3,(H,35,37). The van der Waals surface area contributed by atoms with Gasteiger partial charge in [0.15, 0.2) is 11.5 Å². The van der Waals surface area contributed by atoms with Crippen molar-refractivity contribution in [1.29, 1.82) is 0 Å². The first-order valence-corrected chi connectivity index (χ1v) is 13.6. The molecule has 11 heteroatoms. The molecule has 0 saturated heterocycles. The van der Waals surface area contributed by atoms with Gasteiger partial charge in [0.1, 0.15) is 5.69 Å². The quantitative estimate of drug-likeness (QED) is 0.0601. The fourth-order valence-electron chi connectivity index (χ4n) is 4.31. The van der Waals surface area contributed by atoms with Gasteiger partial charge in [0.25, 0.3) is 11.6 Å². The van der Waals surface area contributed by atoms with Gasteiger partial charge in [0.05, 0.1) is 28.8 Å².